The van der Waals surface area contributed by atoms with E-state index in [2.05, 4.69) is 14.9 Å². The molecule has 2 N–H and O–H groups in total. The molecule has 0 fully saturated rings. The molecule has 0 bridgehead atoms. The predicted octanol–water partition coefficient (Wildman–Crippen LogP) is 2.21. The van der Waals surface area contributed by atoms with Crippen molar-refractivity contribution < 1.29 is 9.90 Å². The number of hydrogen-bond donors (Lipinski definition) is 2. The molecule has 0 aliphatic carbocycles. The lowest BCUT2D eigenvalue weighted by Crippen LogP contribution is -2.14. The number of unbranched alkanes of at least 4 members (excludes halogenated alkanes) is 1. The van der Waals surface area contributed by atoms with Crippen molar-refractivity contribution in [2.45, 2.75) is 25.9 Å². The topological polar surface area (TPSA) is 67.2 Å². The van der Waals surface area contributed by atoms with E-state index in [1.807, 2.05) is 18.6 Å². The van der Waals surface area contributed by atoms with Crippen LogP contribution in [-0.2, 0) is 13.1 Å². The fourth-order valence-electron chi connectivity index (χ4n) is 1.76. The summed E-state index contributed by atoms with van der Waals surface area (Å²) in [7, 11) is 0. The number of thiophene rings is 1. The van der Waals surface area contributed by atoms with Gasteiger partial charge in [0.25, 0.3) is 0 Å². The molecule has 0 atom stereocenters. The SMILES string of the molecule is O=C(O)c1ccc(CNCCCCn2ccnc2)s1. The first-order valence-electron chi connectivity index (χ1n) is 6.24. The highest BCUT2D eigenvalue weighted by molar-refractivity contribution is 7.13. The highest BCUT2D eigenvalue weighted by atomic mass is 32.1. The van der Waals surface area contributed by atoms with Crippen LogP contribution in [0.15, 0.2) is 30.9 Å². The van der Waals surface area contributed by atoms with Crippen molar-refractivity contribution in [2.24, 2.45) is 0 Å². The number of hydrogen-bond acceptors (Lipinski definition) is 4. The number of carbonyl (C=O) groups is 1. The molecule has 19 heavy (non-hydrogen) atoms. The van der Waals surface area contributed by atoms with Crippen LogP contribution in [0.4, 0.5) is 0 Å². The molecule has 0 saturated heterocycles. The van der Waals surface area contributed by atoms with Gasteiger partial charge in [0.2, 0.25) is 0 Å². The summed E-state index contributed by atoms with van der Waals surface area (Å²) < 4.78 is 2.07. The molecule has 0 unspecified atom stereocenters. The average molecular weight is 279 g/mol. The number of carboxylic acids is 1. The first-order valence-corrected chi connectivity index (χ1v) is 7.06. The second-order valence-electron chi connectivity index (χ2n) is 4.26. The molecule has 102 valence electrons. The molecule has 0 aromatic carbocycles. The Kier molecular flexibility index (Phi) is 5.11. The molecule has 0 aliphatic rings. The third-order valence-corrected chi connectivity index (χ3v) is 3.82. The van der Waals surface area contributed by atoms with Gasteiger partial charge in [0.05, 0.1) is 6.33 Å². The van der Waals surface area contributed by atoms with Crippen LogP contribution in [0.2, 0.25) is 0 Å². The van der Waals surface area contributed by atoms with Crippen LogP contribution in [0, 0.1) is 0 Å². The molecule has 2 heterocycles. The molecule has 0 radical (unpaired) electrons. The molecule has 0 amide bonds. The molecular formula is C13H17N3O2S. The van der Waals surface area contributed by atoms with E-state index in [9.17, 15) is 4.79 Å². The maximum atomic E-state index is 10.7. The average Bonchev–Trinajstić information content (AvgIpc) is 3.04. The summed E-state index contributed by atoms with van der Waals surface area (Å²) >= 11 is 1.33. The van der Waals surface area contributed by atoms with Gasteiger partial charge in [-0.3, -0.25) is 0 Å². The van der Waals surface area contributed by atoms with Gasteiger partial charge in [-0.05, 0) is 31.5 Å². The zero-order valence-electron chi connectivity index (χ0n) is 10.6. The monoisotopic (exact) mass is 279 g/mol. The number of nitrogens with zero attached hydrogens (tertiary/aromatic N) is 2. The minimum Gasteiger partial charge on any atom is -0.477 e. The number of aromatic nitrogens is 2. The maximum Gasteiger partial charge on any atom is 0.345 e. The van der Waals surface area contributed by atoms with Gasteiger partial charge in [0, 0.05) is 30.4 Å². The summed E-state index contributed by atoms with van der Waals surface area (Å²) in [6, 6.07) is 3.52. The summed E-state index contributed by atoms with van der Waals surface area (Å²) in [5.74, 6) is -0.850. The lowest BCUT2D eigenvalue weighted by Gasteiger charge is -2.04. The minimum absolute atomic E-state index is 0.400. The fraction of sp³-hybridized carbons (Fsp3) is 0.385. The third kappa shape index (κ3) is 4.50. The van der Waals surface area contributed by atoms with E-state index in [4.69, 9.17) is 5.11 Å². The highest BCUT2D eigenvalue weighted by Crippen LogP contribution is 2.15. The summed E-state index contributed by atoms with van der Waals surface area (Å²) in [5.41, 5.74) is 0. The van der Waals surface area contributed by atoms with Gasteiger partial charge < -0.3 is 15.0 Å². The Morgan fingerprint density at radius 3 is 3.00 bits per heavy atom. The first-order chi connectivity index (χ1) is 9.25. The van der Waals surface area contributed by atoms with Crippen LogP contribution in [0.5, 0.6) is 0 Å². The predicted molar refractivity (Wildman–Crippen MR) is 74.4 cm³/mol. The van der Waals surface area contributed by atoms with E-state index in [0.29, 0.717) is 4.88 Å². The molecule has 0 aliphatic heterocycles. The van der Waals surface area contributed by atoms with Crippen LogP contribution in [0.1, 0.15) is 27.4 Å². The first kappa shape index (κ1) is 13.8. The van der Waals surface area contributed by atoms with Gasteiger partial charge in [-0.25, -0.2) is 9.78 Å². The number of aryl methyl sites for hydroxylation is 1. The van der Waals surface area contributed by atoms with Crippen molar-refractivity contribution in [2.75, 3.05) is 6.54 Å². The van der Waals surface area contributed by atoms with E-state index in [1.54, 1.807) is 12.3 Å². The Labute approximate surface area is 115 Å². The number of aromatic carboxylic acids is 1. The minimum atomic E-state index is -0.850. The van der Waals surface area contributed by atoms with Gasteiger partial charge in [-0.1, -0.05) is 0 Å². The molecular weight excluding hydrogens is 262 g/mol. The van der Waals surface area contributed by atoms with Gasteiger partial charge in [-0.2, -0.15) is 0 Å². The summed E-state index contributed by atoms with van der Waals surface area (Å²) in [5, 5.41) is 12.1. The van der Waals surface area contributed by atoms with Crippen molar-refractivity contribution >= 4 is 17.3 Å². The Bertz CT molecular complexity index is 508. The Balaban J connectivity index is 1.57. The van der Waals surface area contributed by atoms with Crippen molar-refractivity contribution in [3.63, 3.8) is 0 Å². The third-order valence-electron chi connectivity index (χ3n) is 2.75. The largest absolute Gasteiger partial charge is 0.477 e. The Morgan fingerprint density at radius 1 is 1.42 bits per heavy atom. The molecule has 2 rings (SSSR count). The quantitative estimate of drug-likeness (QED) is 0.727. The smallest absolute Gasteiger partial charge is 0.345 e. The van der Waals surface area contributed by atoms with E-state index in [-0.39, 0.29) is 0 Å². The molecule has 6 heteroatoms. The number of carboxylic acid groups (broad SMARTS) is 1. The second-order valence-corrected chi connectivity index (χ2v) is 5.42. The van der Waals surface area contributed by atoms with Crippen molar-refractivity contribution in [1.29, 1.82) is 0 Å². The van der Waals surface area contributed by atoms with Gasteiger partial charge >= 0.3 is 5.97 Å². The van der Waals surface area contributed by atoms with E-state index < -0.39 is 5.97 Å². The van der Waals surface area contributed by atoms with Gasteiger partial charge in [0.15, 0.2) is 0 Å². The van der Waals surface area contributed by atoms with Crippen LogP contribution in [0.25, 0.3) is 0 Å². The Hall–Kier alpha value is -1.66. The molecule has 2 aromatic rings. The van der Waals surface area contributed by atoms with Gasteiger partial charge in [-0.15, -0.1) is 11.3 Å². The normalized spacial score (nSPS) is 10.7. The molecule has 0 saturated carbocycles. The van der Waals surface area contributed by atoms with Gasteiger partial charge in [0.1, 0.15) is 4.88 Å². The molecule has 5 nitrogen and oxygen atoms in total. The highest BCUT2D eigenvalue weighted by Gasteiger charge is 2.05. The van der Waals surface area contributed by atoms with E-state index in [1.165, 1.54) is 11.3 Å². The lowest BCUT2D eigenvalue weighted by atomic mass is 10.3. The summed E-state index contributed by atoms with van der Waals surface area (Å²) in [4.78, 5) is 16.2. The van der Waals surface area contributed by atoms with Crippen LogP contribution >= 0.6 is 11.3 Å². The fourth-order valence-corrected chi connectivity index (χ4v) is 2.58. The standard InChI is InChI=1S/C13H17N3O2S/c17-13(18)12-4-3-11(19-12)9-14-5-1-2-7-16-8-6-15-10-16/h3-4,6,8,10,14H,1-2,5,7,9H2,(H,17,18). The summed E-state index contributed by atoms with van der Waals surface area (Å²) in [6.45, 7) is 2.67. The van der Waals surface area contributed by atoms with Crippen molar-refractivity contribution in [3.8, 4) is 0 Å². The van der Waals surface area contributed by atoms with Crippen LogP contribution in [0.3, 0.4) is 0 Å². The van der Waals surface area contributed by atoms with Crippen LogP contribution < -0.4 is 5.32 Å². The van der Waals surface area contributed by atoms with Crippen molar-refractivity contribution in [1.82, 2.24) is 14.9 Å². The second kappa shape index (κ2) is 7.06. The number of imidazole rings is 1. The van der Waals surface area contributed by atoms with E-state index >= 15 is 0 Å². The number of nitrogens with one attached hydrogen (secondary N) is 1. The number of rotatable bonds is 8. The zero-order valence-corrected chi connectivity index (χ0v) is 11.4. The maximum absolute atomic E-state index is 10.7. The molecule has 0 spiro atoms. The van der Waals surface area contributed by atoms with Crippen LogP contribution in [-0.4, -0.2) is 27.2 Å². The lowest BCUT2D eigenvalue weighted by molar-refractivity contribution is 0.0702. The zero-order chi connectivity index (χ0) is 13.5. The molecule has 2 aromatic heterocycles. The van der Waals surface area contributed by atoms with E-state index in [0.717, 1.165) is 37.4 Å². The Morgan fingerprint density at radius 2 is 2.32 bits per heavy atom. The summed E-state index contributed by atoms with van der Waals surface area (Å²) in [6.07, 6.45) is 7.78. The van der Waals surface area contributed by atoms with Crippen molar-refractivity contribution in [3.05, 3.63) is 40.6 Å².